The van der Waals surface area contributed by atoms with Gasteiger partial charge in [0, 0.05) is 30.7 Å². The molecule has 23 heavy (non-hydrogen) atoms. The number of carbonyl (C=O) groups excluding carboxylic acids is 2. The minimum absolute atomic E-state index is 0.238. The molecule has 0 aliphatic heterocycles. The molecule has 7 heteroatoms. The second-order valence-corrected chi connectivity index (χ2v) is 4.94. The van der Waals surface area contributed by atoms with E-state index in [1.807, 2.05) is 30.3 Å². The van der Waals surface area contributed by atoms with Gasteiger partial charge in [0.25, 0.3) is 5.91 Å². The summed E-state index contributed by atoms with van der Waals surface area (Å²) >= 11 is 0. The van der Waals surface area contributed by atoms with Crippen LogP contribution in [0.1, 0.15) is 16.9 Å². The van der Waals surface area contributed by atoms with E-state index in [4.69, 9.17) is 0 Å². The van der Waals surface area contributed by atoms with E-state index < -0.39 is 5.91 Å². The van der Waals surface area contributed by atoms with Crippen molar-refractivity contribution in [2.75, 3.05) is 0 Å². The molecule has 0 radical (unpaired) electrons. The van der Waals surface area contributed by atoms with Crippen molar-refractivity contribution in [3.8, 4) is 0 Å². The number of nitrogens with zero attached hydrogens (tertiary/aromatic N) is 3. The molecule has 0 fully saturated rings. The summed E-state index contributed by atoms with van der Waals surface area (Å²) in [5.41, 5.74) is 5.72. The van der Waals surface area contributed by atoms with Crippen LogP contribution < -0.4 is 10.9 Å². The minimum atomic E-state index is -0.452. The summed E-state index contributed by atoms with van der Waals surface area (Å²) in [5, 5.41) is 0.952. The third kappa shape index (κ3) is 3.70. The van der Waals surface area contributed by atoms with Crippen molar-refractivity contribution >= 4 is 22.7 Å². The van der Waals surface area contributed by atoms with Gasteiger partial charge in [0.05, 0.1) is 11.8 Å². The Bertz CT molecular complexity index is 829. The first kappa shape index (κ1) is 14.7. The summed E-state index contributed by atoms with van der Waals surface area (Å²) < 4.78 is 1.78. The lowest BCUT2D eigenvalue weighted by Gasteiger charge is -2.08. The number of carbonyl (C=O) groups is 2. The maximum Gasteiger partial charge on any atom is 0.288 e. The van der Waals surface area contributed by atoms with E-state index in [9.17, 15) is 9.59 Å². The number of pyridine rings is 1. The lowest BCUT2D eigenvalue weighted by Crippen LogP contribution is -2.42. The average Bonchev–Trinajstić information content (AvgIpc) is 3.11. The van der Waals surface area contributed by atoms with E-state index in [0.29, 0.717) is 6.54 Å². The molecule has 2 amide bonds. The molecule has 0 saturated carbocycles. The molecule has 0 saturated heterocycles. The van der Waals surface area contributed by atoms with Crippen LogP contribution in [0.5, 0.6) is 0 Å². The van der Waals surface area contributed by atoms with Crippen LogP contribution in [-0.2, 0) is 11.3 Å². The van der Waals surface area contributed by atoms with Gasteiger partial charge in [-0.2, -0.15) is 0 Å². The molecule has 0 unspecified atom stereocenters. The molecule has 0 spiro atoms. The standard InChI is InChI=1S/C16H15N5O2/c22-15(7-9-21-10-8-17-11-21)19-20-16(23)14-6-5-12-3-1-2-4-13(12)18-14/h1-6,8,10-11H,7,9H2,(H,19,22)(H,20,23). The third-order valence-corrected chi connectivity index (χ3v) is 3.30. The molecule has 0 aliphatic rings. The highest BCUT2D eigenvalue weighted by Crippen LogP contribution is 2.11. The van der Waals surface area contributed by atoms with E-state index in [1.54, 1.807) is 29.4 Å². The molecule has 2 heterocycles. The van der Waals surface area contributed by atoms with Crippen molar-refractivity contribution in [3.05, 3.63) is 60.8 Å². The summed E-state index contributed by atoms with van der Waals surface area (Å²) in [6.45, 7) is 0.496. The first-order valence-corrected chi connectivity index (χ1v) is 7.13. The Morgan fingerprint density at radius 3 is 2.78 bits per heavy atom. The van der Waals surface area contributed by atoms with Crippen molar-refractivity contribution in [1.82, 2.24) is 25.4 Å². The van der Waals surface area contributed by atoms with Crippen LogP contribution in [0.3, 0.4) is 0 Å². The van der Waals surface area contributed by atoms with Gasteiger partial charge in [-0.05, 0) is 12.1 Å². The van der Waals surface area contributed by atoms with Gasteiger partial charge in [0.1, 0.15) is 5.69 Å². The van der Waals surface area contributed by atoms with E-state index in [1.165, 1.54) is 0 Å². The summed E-state index contributed by atoms with van der Waals surface area (Å²) in [7, 11) is 0. The van der Waals surface area contributed by atoms with E-state index in [-0.39, 0.29) is 18.0 Å². The fourth-order valence-corrected chi connectivity index (χ4v) is 2.10. The Morgan fingerprint density at radius 1 is 1.09 bits per heavy atom. The highest BCUT2D eigenvalue weighted by atomic mass is 16.2. The Hall–Kier alpha value is -3.22. The number of benzene rings is 1. The Balaban J connectivity index is 1.54. The number of hydrogen-bond acceptors (Lipinski definition) is 4. The SMILES string of the molecule is O=C(CCn1ccnc1)NNC(=O)c1ccc2ccccc2n1. The molecular weight excluding hydrogens is 294 g/mol. The monoisotopic (exact) mass is 309 g/mol. The van der Waals surface area contributed by atoms with Crippen molar-refractivity contribution in [1.29, 1.82) is 0 Å². The summed E-state index contributed by atoms with van der Waals surface area (Å²) in [6, 6.07) is 10.9. The number of hydrogen-bond donors (Lipinski definition) is 2. The number of para-hydroxylation sites is 1. The van der Waals surface area contributed by atoms with Crippen molar-refractivity contribution in [3.63, 3.8) is 0 Å². The smallest absolute Gasteiger partial charge is 0.288 e. The van der Waals surface area contributed by atoms with Crippen LogP contribution in [-0.4, -0.2) is 26.3 Å². The van der Waals surface area contributed by atoms with Gasteiger partial charge in [0.15, 0.2) is 0 Å². The maximum atomic E-state index is 12.0. The van der Waals surface area contributed by atoms with Crippen LogP contribution in [0.15, 0.2) is 55.1 Å². The number of rotatable bonds is 4. The highest BCUT2D eigenvalue weighted by Gasteiger charge is 2.09. The third-order valence-electron chi connectivity index (χ3n) is 3.30. The van der Waals surface area contributed by atoms with Gasteiger partial charge in [-0.3, -0.25) is 20.4 Å². The quantitative estimate of drug-likeness (QED) is 0.711. The van der Waals surface area contributed by atoms with E-state index >= 15 is 0 Å². The van der Waals surface area contributed by atoms with Gasteiger partial charge >= 0.3 is 0 Å². The number of amides is 2. The maximum absolute atomic E-state index is 12.0. The van der Waals surface area contributed by atoms with Crippen molar-refractivity contribution in [2.45, 2.75) is 13.0 Å². The zero-order valence-electron chi connectivity index (χ0n) is 12.3. The first-order valence-electron chi connectivity index (χ1n) is 7.13. The topological polar surface area (TPSA) is 88.9 Å². The van der Waals surface area contributed by atoms with Crippen LogP contribution in [0.2, 0.25) is 0 Å². The van der Waals surface area contributed by atoms with Crippen molar-refractivity contribution in [2.24, 2.45) is 0 Å². The summed E-state index contributed by atoms with van der Waals surface area (Å²) in [5.74, 6) is -0.737. The normalized spacial score (nSPS) is 10.4. The predicted molar refractivity (Wildman–Crippen MR) is 84.2 cm³/mol. The number of aromatic nitrogens is 3. The summed E-state index contributed by atoms with van der Waals surface area (Å²) in [6.07, 6.45) is 5.28. The molecule has 1 aromatic carbocycles. The van der Waals surface area contributed by atoms with Crippen LogP contribution in [0.25, 0.3) is 10.9 Å². The molecular formula is C16H15N5O2. The van der Waals surface area contributed by atoms with Crippen LogP contribution >= 0.6 is 0 Å². The molecule has 7 nitrogen and oxygen atoms in total. The van der Waals surface area contributed by atoms with Gasteiger partial charge in [-0.15, -0.1) is 0 Å². The predicted octanol–water partition coefficient (Wildman–Crippen LogP) is 1.28. The first-order chi connectivity index (χ1) is 11.2. The molecule has 3 aromatic rings. The van der Waals surface area contributed by atoms with Crippen LogP contribution in [0, 0.1) is 0 Å². The molecule has 116 valence electrons. The second-order valence-electron chi connectivity index (χ2n) is 4.94. The fourth-order valence-electron chi connectivity index (χ4n) is 2.10. The Labute approximate surface area is 132 Å². The minimum Gasteiger partial charge on any atom is -0.337 e. The fraction of sp³-hybridized carbons (Fsp3) is 0.125. The van der Waals surface area contributed by atoms with Gasteiger partial charge in [-0.1, -0.05) is 24.3 Å². The highest BCUT2D eigenvalue weighted by molar-refractivity contribution is 5.95. The lowest BCUT2D eigenvalue weighted by molar-refractivity contribution is -0.122. The van der Waals surface area contributed by atoms with Gasteiger partial charge in [0.2, 0.25) is 5.91 Å². The lowest BCUT2D eigenvalue weighted by atomic mass is 10.2. The summed E-state index contributed by atoms with van der Waals surface area (Å²) in [4.78, 5) is 31.9. The molecule has 0 atom stereocenters. The molecule has 0 bridgehead atoms. The van der Waals surface area contributed by atoms with Gasteiger partial charge < -0.3 is 4.57 Å². The van der Waals surface area contributed by atoms with Crippen LogP contribution in [0.4, 0.5) is 0 Å². The zero-order valence-corrected chi connectivity index (χ0v) is 12.3. The number of imidazole rings is 1. The Morgan fingerprint density at radius 2 is 1.96 bits per heavy atom. The number of nitrogens with one attached hydrogen (secondary N) is 2. The molecule has 3 rings (SSSR count). The van der Waals surface area contributed by atoms with E-state index in [2.05, 4.69) is 20.8 Å². The van der Waals surface area contributed by atoms with Gasteiger partial charge in [-0.25, -0.2) is 9.97 Å². The molecule has 2 N–H and O–H groups in total. The number of hydrazine groups is 1. The van der Waals surface area contributed by atoms with E-state index in [0.717, 1.165) is 10.9 Å². The number of fused-ring (bicyclic) bond motifs is 1. The largest absolute Gasteiger partial charge is 0.337 e. The second kappa shape index (κ2) is 6.69. The van der Waals surface area contributed by atoms with Crippen molar-refractivity contribution < 1.29 is 9.59 Å². The Kier molecular flexibility index (Phi) is 4.28. The molecule has 2 aromatic heterocycles. The zero-order chi connectivity index (χ0) is 16.1. The average molecular weight is 309 g/mol. The number of aryl methyl sites for hydroxylation is 1. The molecule has 0 aliphatic carbocycles.